The summed E-state index contributed by atoms with van der Waals surface area (Å²) < 4.78 is 25.2. The Balaban J connectivity index is 3.09. The van der Waals surface area contributed by atoms with Crippen molar-refractivity contribution in [3.05, 3.63) is 35.4 Å². The number of benzene rings is 1. The fraction of sp³-hybridized carbons (Fsp3) is 0. The molecule has 0 spiro atoms. The highest BCUT2D eigenvalue weighted by Crippen LogP contribution is 2.09. The van der Waals surface area contributed by atoms with Gasteiger partial charge < -0.3 is 5.43 Å². The molecule has 1 rings (SSSR count). The van der Waals surface area contributed by atoms with Gasteiger partial charge in [0.2, 0.25) is 0 Å². The molecule has 0 aliphatic rings. The van der Waals surface area contributed by atoms with Gasteiger partial charge in [0.1, 0.15) is 16.6 Å². The predicted molar refractivity (Wildman–Crippen MR) is 45.4 cm³/mol. The van der Waals surface area contributed by atoms with Gasteiger partial charge in [0.25, 0.3) is 0 Å². The first kappa shape index (κ1) is 9.02. The summed E-state index contributed by atoms with van der Waals surface area (Å²) in [7, 11) is 0. The Morgan fingerprint density at radius 2 is 2.08 bits per heavy atom. The molecule has 0 atom stereocenters. The van der Waals surface area contributed by atoms with Crippen LogP contribution in [0.4, 0.5) is 8.78 Å². The topological polar surface area (TPSA) is 38.0 Å². The maximum Gasteiger partial charge on any atom is 0.136 e. The van der Waals surface area contributed by atoms with Gasteiger partial charge in [-0.1, -0.05) is 12.2 Å². The molecule has 0 fully saturated rings. The van der Waals surface area contributed by atoms with Crippen molar-refractivity contribution in [2.24, 2.45) is 5.84 Å². The molecule has 0 aliphatic carbocycles. The van der Waals surface area contributed by atoms with Crippen molar-refractivity contribution in [1.82, 2.24) is 5.43 Å². The van der Waals surface area contributed by atoms with E-state index in [1.807, 2.05) is 0 Å². The number of hydrogen-bond acceptors (Lipinski definition) is 2. The molecule has 1 aromatic carbocycles. The van der Waals surface area contributed by atoms with Gasteiger partial charge in [0.15, 0.2) is 0 Å². The Hall–Kier alpha value is -1.07. The van der Waals surface area contributed by atoms with Crippen LogP contribution in [0.25, 0.3) is 0 Å². The van der Waals surface area contributed by atoms with Crippen LogP contribution in [0.3, 0.4) is 0 Å². The summed E-state index contributed by atoms with van der Waals surface area (Å²) in [5, 5.41) is 0. The zero-order valence-electron chi connectivity index (χ0n) is 5.97. The molecule has 0 saturated carbocycles. The van der Waals surface area contributed by atoms with E-state index < -0.39 is 11.6 Å². The van der Waals surface area contributed by atoms with Gasteiger partial charge in [0.05, 0.1) is 0 Å². The highest BCUT2D eigenvalue weighted by molar-refractivity contribution is 7.80. The van der Waals surface area contributed by atoms with Crippen molar-refractivity contribution >= 4 is 17.2 Å². The Bertz CT molecular complexity index is 314. The van der Waals surface area contributed by atoms with Crippen LogP contribution in [0.15, 0.2) is 18.2 Å². The summed E-state index contributed by atoms with van der Waals surface area (Å²) in [6, 6.07) is 3.09. The Morgan fingerprint density at radius 1 is 1.42 bits per heavy atom. The van der Waals surface area contributed by atoms with Crippen molar-refractivity contribution in [1.29, 1.82) is 0 Å². The fourth-order valence-electron chi connectivity index (χ4n) is 0.751. The van der Waals surface area contributed by atoms with E-state index in [-0.39, 0.29) is 10.6 Å². The van der Waals surface area contributed by atoms with Gasteiger partial charge in [-0.3, -0.25) is 0 Å². The lowest BCUT2D eigenvalue weighted by Gasteiger charge is -2.03. The zero-order valence-corrected chi connectivity index (χ0v) is 6.79. The maximum absolute atomic E-state index is 12.9. The van der Waals surface area contributed by atoms with E-state index >= 15 is 0 Å². The van der Waals surface area contributed by atoms with Gasteiger partial charge in [-0.15, -0.1) is 0 Å². The Morgan fingerprint density at radius 3 is 2.58 bits per heavy atom. The van der Waals surface area contributed by atoms with Crippen LogP contribution in [0.2, 0.25) is 0 Å². The van der Waals surface area contributed by atoms with Gasteiger partial charge in [-0.05, 0) is 12.1 Å². The molecule has 0 unspecified atom stereocenters. The average molecular weight is 188 g/mol. The first-order valence-electron chi connectivity index (χ1n) is 3.11. The molecule has 0 bridgehead atoms. The van der Waals surface area contributed by atoms with Crippen LogP contribution in [-0.2, 0) is 0 Å². The number of hydrazine groups is 1. The van der Waals surface area contributed by atoms with E-state index in [0.717, 1.165) is 12.1 Å². The van der Waals surface area contributed by atoms with Crippen molar-refractivity contribution < 1.29 is 8.78 Å². The molecule has 0 saturated heterocycles. The largest absolute Gasteiger partial charge is 0.314 e. The molecule has 0 aromatic heterocycles. The summed E-state index contributed by atoms with van der Waals surface area (Å²) in [6.07, 6.45) is 0. The molecule has 0 amide bonds. The first-order chi connectivity index (χ1) is 5.65. The summed E-state index contributed by atoms with van der Waals surface area (Å²) in [6.45, 7) is 0. The van der Waals surface area contributed by atoms with E-state index in [1.54, 1.807) is 0 Å². The van der Waals surface area contributed by atoms with Crippen LogP contribution in [0.1, 0.15) is 5.56 Å². The monoisotopic (exact) mass is 188 g/mol. The van der Waals surface area contributed by atoms with Crippen LogP contribution in [-0.4, -0.2) is 4.99 Å². The number of nitrogens with one attached hydrogen (secondary N) is 1. The van der Waals surface area contributed by atoms with Crippen LogP contribution < -0.4 is 11.3 Å². The lowest BCUT2D eigenvalue weighted by molar-refractivity contribution is 0.581. The lowest BCUT2D eigenvalue weighted by Crippen LogP contribution is -2.29. The molecular weight excluding hydrogens is 182 g/mol. The molecule has 12 heavy (non-hydrogen) atoms. The normalized spacial score (nSPS) is 9.58. The van der Waals surface area contributed by atoms with Crippen molar-refractivity contribution in [2.75, 3.05) is 0 Å². The lowest BCUT2D eigenvalue weighted by atomic mass is 10.2. The average Bonchev–Trinajstić information content (AvgIpc) is 2.03. The van der Waals surface area contributed by atoms with E-state index in [0.29, 0.717) is 0 Å². The minimum atomic E-state index is -0.724. The highest BCUT2D eigenvalue weighted by Gasteiger charge is 2.06. The number of hydrogen-bond donors (Lipinski definition) is 2. The molecule has 64 valence electrons. The predicted octanol–water partition coefficient (Wildman–Crippen LogP) is 1.10. The van der Waals surface area contributed by atoms with E-state index in [2.05, 4.69) is 17.6 Å². The maximum atomic E-state index is 12.9. The number of halogens is 2. The SMILES string of the molecule is NNC(=S)c1ccc(F)cc1F. The van der Waals surface area contributed by atoms with Gasteiger partial charge in [-0.2, -0.15) is 0 Å². The summed E-state index contributed by atoms with van der Waals surface area (Å²) >= 11 is 4.65. The fourth-order valence-corrected chi connectivity index (χ4v) is 0.917. The molecule has 1 aromatic rings. The standard InChI is InChI=1S/C7H6F2N2S/c8-4-1-2-5(6(9)3-4)7(12)11-10/h1-3H,10H2,(H,11,12). The van der Waals surface area contributed by atoms with E-state index in [4.69, 9.17) is 5.84 Å². The van der Waals surface area contributed by atoms with Gasteiger partial charge >= 0.3 is 0 Å². The first-order valence-corrected chi connectivity index (χ1v) is 3.52. The second kappa shape index (κ2) is 3.55. The number of rotatable bonds is 1. The van der Waals surface area contributed by atoms with Gasteiger partial charge in [-0.25, -0.2) is 14.6 Å². The van der Waals surface area contributed by atoms with Crippen LogP contribution >= 0.6 is 12.2 Å². The molecule has 5 heteroatoms. The Labute approximate surface area is 73.3 Å². The quantitative estimate of drug-likeness (QED) is 0.394. The summed E-state index contributed by atoms with van der Waals surface area (Å²) in [5.74, 6) is 3.59. The van der Waals surface area contributed by atoms with Crippen LogP contribution in [0.5, 0.6) is 0 Å². The van der Waals surface area contributed by atoms with E-state index in [9.17, 15) is 8.78 Å². The number of nitrogens with two attached hydrogens (primary N) is 1. The molecule has 0 aliphatic heterocycles. The minimum absolute atomic E-state index is 0.0486. The third kappa shape index (κ3) is 1.75. The smallest absolute Gasteiger partial charge is 0.136 e. The van der Waals surface area contributed by atoms with Crippen molar-refractivity contribution in [2.45, 2.75) is 0 Å². The molecule has 0 radical (unpaired) electrons. The molecule has 2 nitrogen and oxygen atoms in total. The third-order valence-corrected chi connectivity index (χ3v) is 1.64. The number of thiocarbonyl (C=S) groups is 1. The zero-order chi connectivity index (χ0) is 9.14. The van der Waals surface area contributed by atoms with Crippen molar-refractivity contribution in [3.63, 3.8) is 0 Å². The third-order valence-electron chi connectivity index (χ3n) is 1.31. The highest BCUT2D eigenvalue weighted by atomic mass is 32.1. The molecular formula is C7H6F2N2S. The molecule has 0 heterocycles. The van der Waals surface area contributed by atoms with Crippen LogP contribution in [0, 0.1) is 11.6 Å². The van der Waals surface area contributed by atoms with E-state index in [1.165, 1.54) is 6.07 Å². The summed E-state index contributed by atoms with van der Waals surface area (Å²) in [5.41, 5.74) is 2.20. The summed E-state index contributed by atoms with van der Waals surface area (Å²) in [4.78, 5) is 0.0486. The molecule has 3 N–H and O–H groups in total. The second-order valence-electron chi connectivity index (χ2n) is 2.10. The second-order valence-corrected chi connectivity index (χ2v) is 2.51. The van der Waals surface area contributed by atoms with Gasteiger partial charge in [0, 0.05) is 11.6 Å². The van der Waals surface area contributed by atoms with Crippen molar-refractivity contribution in [3.8, 4) is 0 Å². The Kier molecular flexibility index (Phi) is 2.67. The minimum Gasteiger partial charge on any atom is -0.314 e.